The molecule has 0 spiro atoms. The summed E-state index contributed by atoms with van der Waals surface area (Å²) in [6.45, 7) is 2.79. The lowest BCUT2D eigenvalue weighted by atomic mass is 9.86. The predicted molar refractivity (Wildman–Crippen MR) is 127 cm³/mol. The number of urea groups is 1. The molecule has 2 amide bonds. The molecule has 4 rings (SSSR count). The van der Waals surface area contributed by atoms with Crippen LogP contribution in [-0.2, 0) is 16.1 Å². The van der Waals surface area contributed by atoms with Gasteiger partial charge in [0, 0.05) is 50.2 Å². The monoisotopic (exact) mass is 465 g/mol. The maximum absolute atomic E-state index is 12.7. The van der Waals surface area contributed by atoms with Gasteiger partial charge in [-0.2, -0.15) is 0 Å². The van der Waals surface area contributed by atoms with Crippen molar-refractivity contribution in [2.45, 2.75) is 38.3 Å². The van der Waals surface area contributed by atoms with Gasteiger partial charge in [0.05, 0.1) is 11.6 Å². The standard InChI is InChI=1S/C24H31N7O3/c25-22(26)18-6-9-21(28-15-18)30-11-13-31(14-12-30)24(33)29-19-7-4-17(5-8-19)23(32)34-16-20-3-1-2-10-27-20/h1-3,6,9-10,15,17,19H,4-5,7-8,11-14,16H2,(H3,25,26)(H,29,33). The molecule has 2 aliphatic rings. The van der Waals surface area contributed by atoms with Crippen molar-refractivity contribution in [2.75, 3.05) is 31.1 Å². The summed E-state index contributed by atoms with van der Waals surface area (Å²) < 4.78 is 5.42. The van der Waals surface area contributed by atoms with Crippen LogP contribution in [-0.4, -0.2) is 64.9 Å². The number of hydrogen-bond acceptors (Lipinski definition) is 7. The predicted octanol–water partition coefficient (Wildman–Crippen LogP) is 1.89. The van der Waals surface area contributed by atoms with Gasteiger partial charge in [0.15, 0.2) is 0 Å². The van der Waals surface area contributed by atoms with Gasteiger partial charge in [0.25, 0.3) is 0 Å². The van der Waals surface area contributed by atoms with E-state index in [4.69, 9.17) is 15.9 Å². The van der Waals surface area contributed by atoms with Gasteiger partial charge in [-0.1, -0.05) is 6.07 Å². The third kappa shape index (κ3) is 6.00. The van der Waals surface area contributed by atoms with E-state index in [-0.39, 0.29) is 36.4 Å². The van der Waals surface area contributed by atoms with Gasteiger partial charge in [0.1, 0.15) is 18.3 Å². The van der Waals surface area contributed by atoms with E-state index in [9.17, 15) is 9.59 Å². The quantitative estimate of drug-likeness (QED) is 0.336. The normalized spacial score (nSPS) is 20.5. The molecule has 1 aliphatic heterocycles. The number of aromatic nitrogens is 2. The minimum absolute atomic E-state index is 0.00375. The average Bonchev–Trinajstić information content (AvgIpc) is 2.88. The number of amides is 2. The number of anilines is 1. The van der Waals surface area contributed by atoms with E-state index in [0.717, 1.165) is 24.4 Å². The SMILES string of the molecule is N=C(N)c1ccc(N2CCN(C(=O)NC3CCC(C(=O)OCc4ccccn4)CC3)CC2)nc1. The Morgan fingerprint density at radius 3 is 2.44 bits per heavy atom. The number of carbonyl (C=O) groups excluding carboxylic acids is 2. The number of nitrogen functional groups attached to an aromatic ring is 1. The number of pyridine rings is 2. The van der Waals surface area contributed by atoms with Crippen LogP contribution in [0.3, 0.4) is 0 Å². The first-order chi connectivity index (χ1) is 16.5. The van der Waals surface area contributed by atoms with E-state index >= 15 is 0 Å². The van der Waals surface area contributed by atoms with Crippen molar-refractivity contribution in [3.05, 3.63) is 54.0 Å². The summed E-state index contributed by atoms with van der Waals surface area (Å²) in [4.78, 5) is 37.6. The summed E-state index contributed by atoms with van der Waals surface area (Å²) in [5, 5.41) is 10.6. The molecule has 1 saturated heterocycles. The minimum atomic E-state index is -0.184. The molecule has 34 heavy (non-hydrogen) atoms. The number of esters is 1. The van der Waals surface area contributed by atoms with Crippen molar-refractivity contribution in [3.63, 3.8) is 0 Å². The van der Waals surface area contributed by atoms with Gasteiger partial charge in [0.2, 0.25) is 0 Å². The molecule has 3 heterocycles. The maximum atomic E-state index is 12.7. The molecule has 2 aromatic rings. The lowest BCUT2D eigenvalue weighted by Gasteiger charge is -2.37. The average molecular weight is 466 g/mol. The molecule has 2 fully saturated rings. The number of hydrogen-bond donors (Lipinski definition) is 3. The Labute approximate surface area is 199 Å². The van der Waals surface area contributed by atoms with Crippen LogP contribution >= 0.6 is 0 Å². The first kappa shape index (κ1) is 23.5. The van der Waals surface area contributed by atoms with Gasteiger partial charge in [-0.05, 0) is 49.9 Å². The lowest BCUT2D eigenvalue weighted by molar-refractivity contribution is -0.151. The van der Waals surface area contributed by atoms with Crippen molar-refractivity contribution < 1.29 is 14.3 Å². The number of nitrogens with one attached hydrogen (secondary N) is 2. The molecule has 4 N–H and O–H groups in total. The molecule has 1 saturated carbocycles. The number of nitrogens with zero attached hydrogens (tertiary/aromatic N) is 4. The molecular formula is C24H31N7O3. The summed E-state index contributed by atoms with van der Waals surface area (Å²) in [6.07, 6.45) is 6.23. The number of piperazine rings is 1. The van der Waals surface area contributed by atoms with Crippen molar-refractivity contribution in [3.8, 4) is 0 Å². The second kappa shape index (κ2) is 11.0. The zero-order valence-corrected chi connectivity index (χ0v) is 19.2. The van der Waals surface area contributed by atoms with Crippen LogP contribution in [0.25, 0.3) is 0 Å². The molecule has 0 aromatic carbocycles. The van der Waals surface area contributed by atoms with E-state index in [1.807, 2.05) is 29.2 Å². The van der Waals surface area contributed by atoms with Crippen LogP contribution in [0.15, 0.2) is 42.7 Å². The number of rotatable bonds is 6. The second-order valence-corrected chi connectivity index (χ2v) is 8.72. The highest BCUT2D eigenvalue weighted by Crippen LogP contribution is 2.26. The number of carbonyl (C=O) groups is 2. The van der Waals surface area contributed by atoms with E-state index in [2.05, 4.69) is 20.2 Å². The molecular weight excluding hydrogens is 434 g/mol. The number of ether oxygens (including phenoxy) is 1. The lowest BCUT2D eigenvalue weighted by Crippen LogP contribution is -2.54. The van der Waals surface area contributed by atoms with Crippen molar-refractivity contribution in [2.24, 2.45) is 11.7 Å². The Morgan fingerprint density at radius 1 is 1.06 bits per heavy atom. The minimum Gasteiger partial charge on any atom is -0.459 e. The zero-order valence-electron chi connectivity index (χ0n) is 19.2. The molecule has 180 valence electrons. The van der Waals surface area contributed by atoms with Gasteiger partial charge in [-0.25, -0.2) is 9.78 Å². The molecule has 0 atom stereocenters. The highest BCUT2D eigenvalue weighted by Gasteiger charge is 2.30. The number of nitrogens with two attached hydrogens (primary N) is 1. The maximum Gasteiger partial charge on any atom is 0.317 e. The van der Waals surface area contributed by atoms with E-state index in [0.29, 0.717) is 44.6 Å². The van der Waals surface area contributed by atoms with E-state index in [1.165, 1.54) is 0 Å². The van der Waals surface area contributed by atoms with Crippen molar-refractivity contribution >= 4 is 23.7 Å². The summed E-state index contributed by atoms with van der Waals surface area (Å²) >= 11 is 0. The largest absolute Gasteiger partial charge is 0.459 e. The smallest absolute Gasteiger partial charge is 0.317 e. The molecule has 2 aromatic heterocycles. The molecule has 0 radical (unpaired) electrons. The molecule has 1 aliphatic carbocycles. The van der Waals surface area contributed by atoms with Gasteiger partial charge in [-0.15, -0.1) is 0 Å². The summed E-state index contributed by atoms with van der Waals surface area (Å²) in [5.41, 5.74) is 6.81. The summed E-state index contributed by atoms with van der Waals surface area (Å²) in [7, 11) is 0. The van der Waals surface area contributed by atoms with Gasteiger partial charge < -0.3 is 25.6 Å². The topological polar surface area (TPSA) is 138 Å². The molecule has 0 unspecified atom stereocenters. The Balaban J connectivity index is 1.16. The van der Waals surface area contributed by atoms with E-state index < -0.39 is 0 Å². The highest BCUT2D eigenvalue weighted by atomic mass is 16.5. The van der Waals surface area contributed by atoms with E-state index in [1.54, 1.807) is 18.5 Å². The Morgan fingerprint density at radius 2 is 1.82 bits per heavy atom. The fourth-order valence-corrected chi connectivity index (χ4v) is 4.36. The van der Waals surface area contributed by atoms with Gasteiger partial charge in [-0.3, -0.25) is 15.2 Å². The van der Waals surface area contributed by atoms with Crippen LogP contribution in [0, 0.1) is 11.3 Å². The van der Waals surface area contributed by atoms with Crippen LogP contribution in [0.2, 0.25) is 0 Å². The van der Waals surface area contributed by atoms with Crippen LogP contribution < -0.4 is 16.0 Å². The Bertz CT molecular complexity index is 983. The molecule has 10 heteroatoms. The third-order valence-corrected chi connectivity index (χ3v) is 6.43. The fraction of sp³-hybridized carbons (Fsp3) is 0.458. The fourth-order valence-electron chi connectivity index (χ4n) is 4.36. The first-order valence-electron chi connectivity index (χ1n) is 11.7. The van der Waals surface area contributed by atoms with Crippen molar-refractivity contribution in [1.29, 1.82) is 5.41 Å². The van der Waals surface area contributed by atoms with Gasteiger partial charge >= 0.3 is 12.0 Å². The Hall–Kier alpha value is -3.69. The third-order valence-electron chi connectivity index (χ3n) is 6.43. The van der Waals surface area contributed by atoms with Crippen LogP contribution in [0.1, 0.15) is 36.9 Å². The summed E-state index contributed by atoms with van der Waals surface area (Å²) in [5.74, 6) is 0.507. The second-order valence-electron chi connectivity index (χ2n) is 8.72. The molecule has 10 nitrogen and oxygen atoms in total. The summed E-state index contributed by atoms with van der Waals surface area (Å²) in [6, 6.07) is 9.19. The molecule has 0 bridgehead atoms. The zero-order chi connectivity index (χ0) is 23.9. The highest BCUT2D eigenvalue weighted by molar-refractivity contribution is 5.94. The van der Waals surface area contributed by atoms with Crippen LogP contribution in [0.5, 0.6) is 0 Å². The first-order valence-corrected chi connectivity index (χ1v) is 11.7. The van der Waals surface area contributed by atoms with Crippen molar-refractivity contribution in [1.82, 2.24) is 20.2 Å². The Kier molecular flexibility index (Phi) is 7.56. The van der Waals surface area contributed by atoms with Crippen LogP contribution in [0.4, 0.5) is 10.6 Å². The number of amidine groups is 1.